The SMILES string of the molecule is CCCCC[C@H](O)/C=C/[C@@H]1[C@@H](CCCCCCC(=O)OC[C@H](O)COC(=O)CCCCCCCCCCC(C)CC)[C@@H](O)C[C@H]1O. The Bertz CT molecular complexity index is 787. The highest BCUT2D eigenvalue weighted by Gasteiger charge is 2.39. The molecule has 0 heterocycles. The average molecular weight is 655 g/mol. The molecule has 4 N–H and O–H groups in total. The summed E-state index contributed by atoms with van der Waals surface area (Å²) < 4.78 is 10.3. The standard InChI is InChI=1S/C38H70O8/c1-4-6-15-21-31(39)25-26-34-33(35(41)27-36(34)42)22-17-13-14-19-24-38(44)46-29-32(40)28-45-37(43)23-18-12-10-8-7-9-11-16-20-30(3)5-2/h25-26,30-36,39-42H,4-24,27-29H2,1-3H3/b26-25+/t30?,31-,32+,33+,34+,35-,36+/m0/s1. The zero-order valence-corrected chi connectivity index (χ0v) is 29.6. The van der Waals surface area contributed by atoms with Crippen molar-refractivity contribution >= 4 is 11.9 Å². The van der Waals surface area contributed by atoms with E-state index in [1.807, 2.05) is 6.08 Å². The summed E-state index contributed by atoms with van der Waals surface area (Å²) in [5.74, 6) is -0.0334. The first-order chi connectivity index (χ1) is 22.2. The highest BCUT2D eigenvalue weighted by molar-refractivity contribution is 5.69. The summed E-state index contributed by atoms with van der Waals surface area (Å²) in [4.78, 5) is 24.0. The van der Waals surface area contributed by atoms with Crippen molar-refractivity contribution in [1.29, 1.82) is 0 Å². The van der Waals surface area contributed by atoms with E-state index in [1.165, 1.54) is 44.9 Å². The first kappa shape index (κ1) is 42.5. The summed E-state index contributed by atoms with van der Waals surface area (Å²) in [5.41, 5.74) is 0. The Hall–Kier alpha value is -1.48. The van der Waals surface area contributed by atoms with Gasteiger partial charge in [0.15, 0.2) is 0 Å². The fourth-order valence-electron chi connectivity index (χ4n) is 6.33. The first-order valence-electron chi connectivity index (χ1n) is 18.9. The van der Waals surface area contributed by atoms with E-state index in [-0.39, 0.29) is 43.4 Å². The van der Waals surface area contributed by atoms with Crippen molar-refractivity contribution in [2.75, 3.05) is 13.2 Å². The Balaban J connectivity index is 2.05. The molecule has 0 radical (unpaired) electrons. The molecule has 1 saturated carbocycles. The number of carbonyl (C=O) groups is 2. The van der Waals surface area contributed by atoms with Gasteiger partial charge in [-0.1, -0.05) is 129 Å². The van der Waals surface area contributed by atoms with Crippen LogP contribution in [0.3, 0.4) is 0 Å². The molecule has 1 aliphatic rings. The molecule has 1 fully saturated rings. The number of aliphatic hydroxyl groups excluding tert-OH is 4. The fraction of sp³-hybridized carbons (Fsp3) is 0.895. The van der Waals surface area contributed by atoms with Crippen molar-refractivity contribution in [3.05, 3.63) is 12.2 Å². The lowest BCUT2D eigenvalue weighted by Crippen LogP contribution is -2.25. The van der Waals surface area contributed by atoms with Crippen LogP contribution >= 0.6 is 0 Å². The Labute approximate surface area is 280 Å². The molecule has 8 nitrogen and oxygen atoms in total. The van der Waals surface area contributed by atoms with Crippen LogP contribution in [-0.4, -0.2) is 70.0 Å². The highest BCUT2D eigenvalue weighted by Crippen LogP contribution is 2.37. The summed E-state index contributed by atoms with van der Waals surface area (Å²) >= 11 is 0. The summed E-state index contributed by atoms with van der Waals surface area (Å²) in [6.07, 6.45) is 21.9. The van der Waals surface area contributed by atoms with Crippen LogP contribution in [-0.2, 0) is 19.1 Å². The van der Waals surface area contributed by atoms with Crippen molar-refractivity contribution < 1.29 is 39.5 Å². The number of aliphatic hydroxyl groups is 4. The molecule has 0 saturated heterocycles. The van der Waals surface area contributed by atoms with Crippen LogP contribution < -0.4 is 0 Å². The topological polar surface area (TPSA) is 134 Å². The minimum Gasteiger partial charge on any atom is -0.463 e. The molecule has 0 aromatic heterocycles. The van der Waals surface area contributed by atoms with E-state index < -0.39 is 24.4 Å². The third kappa shape index (κ3) is 21.4. The van der Waals surface area contributed by atoms with Crippen LogP contribution in [0.5, 0.6) is 0 Å². The summed E-state index contributed by atoms with van der Waals surface area (Å²) in [5, 5.41) is 41.1. The number of ether oxygens (including phenoxy) is 2. The predicted molar refractivity (Wildman–Crippen MR) is 184 cm³/mol. The molecule has 46 heavy (non-hydrogen) atoms. The fourth-order valence-corrected chi connectivity index (χ4v) is 6.33. The molecule has 1 aliphatic carbocycles. The monoisotopic (exact) mass is 655 g/mol. The molecule has 0 bridgehead atoms. The van der Waals surface area contributed by atoms with Gasteiger partial charge in [0, 0.05) is 25.2 Å². The molecule has 7 atom stereocenters. The Kier molecular flexibility index (Phi) is 25.4. The third-order valence-corrected chi connectivity index (χ3v) is 9.64. The maximum absolute atomic E-state index is 12.1. The maximum Gasteiger partial charge on any atom is 0.305 e. The quantitative estimate of drug-likeness (QED) is 0.0369. The van der Waals surface area contributed by atoms with E-state index in [1.54, 1.807) is 6.08 Å². The van der Waals surface area contributed by atoms with E-state index >= 15 is 0 Å². The Morgan fingerprint density at radius 3 is 1.80 bits per heavy atom. The van der Waals surface area contributed by atoms with Crippen LogP contribution in [0.1, 0.15) is 162 Å². The van der Waals surface area contributed by atoms with Gasteiger partial charge < -0.3 is 29.9 Å². The number of esters is 2. The van der Waals surface area contributed by atoms with Crippen molar-refractivity contribution in [1.82, 2.24) is 0 Å². The van der Waals surface area contributed by atoms with Gasteiger partial charge in [0.05, 0.1) is 18.3 Å². The molecular formula is C38H70O8. The highest BCUT2D eigenvalue weighted by atomic mass is 16.6. The summed E-state index contributed by atoms with van der Waals surface area (Å²) in [6.45, 7) is 6.35. The van der Waals surface area contributed by atoms with Crippen LogP contribution in [0, 0.1) is 17.8 Å². The molecular weight excluding hydrogens is 584 g/mol. The van der Waals surface area contributed by atoms with Gasteiger partial charge in [-0.05, 0) is 37.5 Å². The van der Waals surface area contributed by atoms with Gasteiger partial charge in [-0.3, -0.25) is 9.59 Å². The van der Waals surface area contributed by atoms with Crippen LogP contribution in [0.2, 0.25) is 0 Å². The van der Waals surface area contributed by atoms with Gasteiger partial charge in [-0.15, -0.1) is 0 Å². The van der Waals surface area contributed by atoms with Crippen molar-refractivity contribution in [3.63, 3.8) is 0 Å². The minimum atomic E-state index is -1.03. The second-order valence-electron chi connectivity index (χ2n) is 13.9. The van der Waals surface area contributed by atoms with Crippen molar-refractivity contribution in [2.45, 2.75) is 186 Å². The van der Waals surface area contributed by atoms with Gasteiger partial charge >= 0.3 is 11.9 Å². The summed E-state index contributed by atoms with van der Waals surface area (Å²) in [7, 11) is 0. The van der Waals surface area contributed by atoms with E-state index in [0.29, 0.717) is 25.7 Å². The zero-order chi connectivity index (χ0) is 34.0. The summed E-state index contributed by atoms with van der Waals surface area (Å²) in [6, 6.07) is 0. The molecule has 0 aromatic carbocycles. The molecule has 8 heteroatoms. The van der Waals surface area contributed by atoms with E-state index in [0.717, 1.165) is 70.1 Å². The second kappa shape index (κ2) is 27.5. The Morgan fingerprint density at radius 2 is 1.24 bits per heavy atom. The molecule has 1 unspecified atom stereocenters. The Morgan fingerprint density at radius 1 is 0.717 bits per heavy atom. The number of hydrogen-bond donors (Lipinski definition) is 4. The second-order valence-corrected chi connectivity index (χ2v) is 13.9. The zero-order valence-electron chi connectivity index (χ0n) is 29.6. The minimum absolute atomic E-state index is 0.0291. The maximum atomic E-state index is 12.1. The molecule has 0 aliphatic heterocycles. The normalized spacial score (nSPS) is 21.8. The lowest BCUT2D eigenvalue weighted by molar-refractivity contribution is -0.152. The molecule has 0 spiro atoms. The van der Waals surface area contributed by atoms with Crippen molar-refractivity contribution in [3.8, 4) is 0 Å². The molecule has 270 valence electrons. The number of rotatable bonds is 29. The number of hydrogen-bond acceptors (Lipinski definition) is 8. The van der Waals surface area contributed by atoms with Gasteiger partial charge in [0.1, 0.15) is 19.3 Å². The van der Waals surface area contributed by atoms with Gasteiger partial charge in [0.25, 0.3) is 0 Å². The number of carbonyl (C=O) groups excluding carboxylic acids is 2. The van der Waals surface area contributed by atoms with E-state index in [9.17, 15) is 30.0 Å². The van der Waals surface area contributed by atoms with Crippen LogP contribution in [0.15, 0.2) is 12.2 Å². The number of unbranched alkanes of at least 4 members (excludes halogenated alkanes) is 12. The van der Waals surface area contributed by atoms with Crippen molar-refractivity contribution in [2.24, 2.45) is 17.8 Å². The molecule has 0 amide bonds. The van der Waals surface area contributed by atoms with Gasteiger partial charge in [0.2, 0.25) is 0 Å². The first-order valence-corrected chi connectivity index (χ1v) is 18.9. The lowest BCUT2D eigenvalue weighted by Gasteiger charge is -2.21. The van der Waals surface area contributed by atoms with E-state index in [2.05, 4.69) is 20.8 Å². The third-order valence-electron chi connectivity index (χ3n) is 9.64. The molecule has 0 aromatic rings. The van der Waals surface area contributed by atoms with Gasteiger partial charge in [-0.25, -0.2) is 0 Å². The lowest BCUT2D eigenvalue weighted by atomic mass is 9.88. The van der Waals surface area contributed by atoms with Crippen LogP contribution in [0.25, 0.3) is 0 Å². The van der Waals surface area contributed by atoms with E-state index in [4.69, 9.17) is 9.47 Å². The van der Waals surface area contributed by atoms with Crippen LogP contribution in [0.4, 0.5) is 0 Å². The molecule has 1 rings (SSSR count). The largest absolute Gasteiger partial charge is 0.463 e. The van der Waals surface area contributed by atoms with Gasteiger partial charge in [-0.2, -0.15) is 0 Å². The smallest absolute Gasteiger partial charge is 0.305 e. The average Bonchev–Trinajstić information content (AvgIpc) is 3.31. The predicted octanol–water partition coefficient (Wildman–Crippen LogP) is 7.58.